The third-order valence-corrected chi connectivity index (χ3v) is 3.32. The number of unbranched alkanes of at least 4 members (excludes halogenated alkanes) is 8. The van der Waals surface area contributed by atoms with Crippen LogP contribution >= 0.6 is 0 Å². The summed E-state index contributed by atoms with van der Waals surface area (Å²) < 4.78 is 4.45. The van der Waals surface area contributed by atoms with Crippen molar-refractivity contribution in [1.82, 2.24) is 0 Å². The Kier molecular flexibility index (Phi) is 15.8. The predicted octanol–water partition coefficient (Wildman–Crippen LogP) is 6.10. The molecule has 1 N–H and O–H groups in total. The molecule has 0 saturated heterocycles. The van der Waals surface area contributed by atoms with Crippen molar-refractivity contribution < 1.29 is 14.6 Å². The van der Waals surface area contributed by atoms with Gasteiger partial charge in [0.05, 0.1) is 6.61 Å². The second-order valence-electron chi connectivity index (χ2n) is 5.35. The van der Waals surface area contributed by atoms with Crippen LogP contribution < -0.4 is 0 Å². The summed E-state index contributed by atoms with van der Waals surface area (Å²) in [7, 11) is 0. The lowest BCUT2D eigenvalue weighted by Crippen LogP contribution is -2.01. The van der Waals surface area contributed by atoms with Crippen molar-refractivity contribution in [3.05, 3.63) is 24.3 Å². The molecule has 0 bridgehead atoms. The molecule has 0 aromatic heterocycles. The first-order valence-corrected chi connectivity index (χ1v) is 8.43. The molecule has 0 aliphatic heterocycles. The molecule has 0 aliphatic carbocycles. The Hall–Kier alpha value is -1.25. The minimum Gasteiger partial charge on any atom is -0.450 e. The van der Waals surface area contributed by atoms with Gasteiger partial charge in [-0.15, -0.1) is 0 Å². The van der Waals surface area contributed by atoms with Gasteiger partial charge in [0.25, 0.3) is 0 Å². The number of carbonyl (C=O) groups is 1. The predicted molar refractivity (Wildman–Crippen MR) is 88.7 cm³/mol. The van der Waals surface area contributed by atoms with E-state index in [4.69, 9.17) is 5.11 Å². The molecule has 0 aromatic rings. The highest BCUT2D eigenvalue weighted by Gasteiger charge is 1.95. The summed E-state index contributed by atoms with van der Waals surface area (Å²) in [6.45, 7) is 2.57. The fraction of sp³-hybridized carbons (Fsp3) is 0.722. The number of allylic oxidation sites excluding steroid dienone is 4. The quantitative estimate of drug-likeness (QED) is 0.239. The van der Waals surface area contributed by atoms with Crippen molar-refractivity contribution in [2.75, 3.05) is 6.61 Å². The first kappa shape index (κ1) is 19.8. The smallest absolute Gasteiger partial charge is 0.450 e. The molecule has 0 rings (SSSR count). The van der Waals surface area contributed by atoms with E-state index in [9.17, 15) is 4.79 Å². The van der Waals surface area contributed by atoms with Crippen molar-refractivity contribution in [1.29, 1.82) is 0 Å². The molecule has 0 atom stereocenters. The molecule has 0 fully saturated rings. The van der Waals surface area contributed by atoms with Crippen LogP contribution in [-0.2, 0) is 4.74 Å². The number of rotatable bonds is 14. The SMILES string of the molecule is CCCCC/C=C\C/C=C/CCCCCCCOC(=O)O. The Bertz CT molecular complexity index is 282. The molecule has 21 heavy (non-hydrogen) atoms. The maximum absolute atomic E-state index is 10.1. The molecule has 0 radical (unpaired) electrons. The highest BCUT2D eigenvalue weighted by Crippen LogP contribution is 2.06. The molecule has 0 amide bonds. The second-order valence-corrected chi connectivity index (χ2v) is 5.35. The van der Waals surface area contributed by atoms with Gasteiger partial charge in [-0.1, -0.05) is 63.3 Å². The molecular weight excluding hydrogens is 264 g/mol. The second kappa shape index (κ2) is 16.8. The molecule has 0 aromatic carbocycles. The summed E-state index contributed by atoms with van der Waals surface area (Å²) >= 11 is 0. The number of hydrogen-bond donors (Lipinski definition) is 1. The minimum atomic E-state index is -1.17. The van der Waals surface area contributed by atoms with E-state index in [2.05, 4.69) is 36.0 Å². The summed E-state index contributed by atoms with van der Waals surface area (Å²) in [6, 6.07) is 0. The van der Waals surface area contributed by atoms with Crippen LogP contribution in [0.1, 0.15) is 77.6 Å². The number of carboxylic acid groups (broad SMARTS) is 1. The average Bonchev–Trinajstić information content (AvgIpc) is 2.46. The fourth-order valence-electron chi connectivity index (χ4n) is 2.07. The molecule has 3 heteroatoms. The van der Waals surface area contributed by atoms with Crippen LogP contribution in [0, 0.1) is 0 Å². The van der Waals surface area contributed by atoms with E-state index in [1.807, 2.05) is 0 Å². The van der Waals surface area contributed by atoms with Crippen molar-refractivity contribution in [2.24, 2.45) is 0 Å². The van der Waals surface area contributed by atoms with Crippen molar-refractivity contribution >= 4 is 6.16 Å². The zero-order chi connectivity index (χ0) is 15.6. The van der Waals surface area contributed by atoms with Crippen LogP contribution in [0.3, 0.4) is 0 Å². The van der Waals surface area contributed by atoms with Crippen LogP contribution in [0.5, 0.6) is 0 Å². The Balaban J connectivity index is 3.16. The van der Waals surface area contributed by atoms with Gasteiger partial charge in [0, 0.05) is 0 Å². The molecule has 122 valence electrons. The van der Waals surface area contributed by atoms with Crippen molar-refractivity contribution in [3.8, 4) is 0 Å². The minimum absolute atomic E-state index is 0.333. The molecule has 0 heterocycles. The van der Waals surface area contributed by atoms with Gasteiger partial charge in [0.2, 0.25) is 0 Å². The summed E-state index contributed by atoms with van der Waals surface area (Å²) in [5.41, 5.74) is 0. The maximum Gasteiger partial charge on any atom is 0.505 e. The maximum atomic E-state index is 10.1. The van der Waals surface area contributed by atoms with Crippen LogP contribution in [-0.4, -0.2) is 17.9 Å². The summed E-state index contributed by atoms with van der Waals surface area (Å²) in [5, 5.41) is 8.29. The monoisotopic (exact) mass is 296 g/mol. The lowest BCUT2D eigenvalue weighted by atomic mass is 10.1. The van der Waals surface area contributed by atoms with E-state index in [0.29, 0.717) is 6.61 Å². The topological polar surface area (TPSA) is 46.5 Å². The molecule has 0 aliphatic rings. The van der Waals surface area contributed by atoms with Gasteiger partial charge in [-0.05, 0) is 38.5 Å². The normalized spacial score (nSPS) is 11.5. The van der Waals surface area contributed by atoms with Gasteiger partial charge in [-0.2, -0.15) is 0 Å². The lowest BCUT2D eigenvalue weighted by Gasteiger charge is -2.00. The standard InChI is InChI=1S/C18H32O3/c1-2-3-4-5-6-7-8-9-10-11-12-13-14-15-16-17-21-18(19)20/h6-7,9-10H,2-5,8,11-17H2,1H3,(H,19,20)/b7-6-,10-9+. The van der Waals surface area contributed by atoms with E-state index < -0.39 is 6.16 Å². The van der Waals surface area contributed by atoms with Crippen LogP contribution in [0.2, 0.25) is 0 Å². The summed E-state index contributed by atoms with van der Waals surface area (Å²) in [6.07, 6.45) is 20.7. The molecular formula is C18H32O3. The van der Waals surface area contributed by atoms with Gasteiger partial charge in [-0.25, -0.2) is 4.79 Å². The Morgan fingerprint density at radius 1 is 0.857 bits per heavy atom. The largest absolute Gasteiger partial charge is 0.505 e. The van der Waals surface area contributed by atoms with Gasteiger partial charge in [-0.3, -0.25) is 0 Å². The van der Waals surface area contributed by atoms with Crippen LogP contribution in [0.4, 0.5) is 4.79 Å². The molecule has 0 saturated carbocycles. The Morgan fingerprint density at radius 2 is 1.43 bits per heavy atom. The van der Waals surface area contributed by atoms with E-state index >= 15 is 0 Å². The average molecular weight is 296 g/mol. The molecule has 0 spiro atoms. The zero-order valence-corrected chi connectivity index (χ0v) is 13.6. The third kappa shape index (κ3) is 18.8. The molecule has 0 unspecified atom stereocenters. The highest BCUT2D eigenvalue weighted by atomic mass is 16.7. The van der Waals surface area contributed by atoms with E-state index in [1.165, 1.54) is 38.5 Å². The van der Waals surface area contributed by atoms with E-state index in [0.717, 1.165) is 32.1 Å². The third-order valence-electron chi connectivity index (χ3n) is 3.32. The van der Waals surface area contributed by atoms with Crippen molar-refractivity contribution in [2.45, 2.75) is 77.6 Å². The van der Waals surface area contributed by atoms with E-state index in [1.54, 1.807) is 0 Å². The lowest BCUT2D eigenvalue weighted by molar-refractivity contribution is 0.0899. The summed E-state index contributed by atoms with van der Waals surface area (Å²) in [4.78, 5) is 10.1. The van der Waals surface area contributed by atoms with Crippen LogP contribution in [0.25, 0.3) is 0 Å². The van der Waals surface area contributed by atoms with Crippen LogP contribution in [0.15, 0.2) is 24.3 Å². The van der Waals surface area contributed by atoms with Crippen molar-refractivity contribution in [3.63, 3.8) is 0 Å². The zero-order valence-electron chi connectivity index (χ0n) is 13.6. The first-order valence-electron chi connectivity index (χ1n) is 8.43. The van der Waals surface area contributed by atoms with Gasteiger partial charge >= 0.3 is 6.16 Å². The van der Waals surface area contributed by atoms with E-state index in [-0.39, 0.29) is 0 Å². The first-order chi connectivity index (χ1) is 10.3. The number of hydrogen-bond acceptors (Lipinski definition) is 2. The molecule has 3 nitrogen and oxygen atoms in total. The van der Waals surface area contributed by atoms with Gasteiger partial charge in [0.1, 0.15) is 0 Å². The van der Waals surface area contributed by atoms with Gasteiger partial charge < -0.3 is 9.84 Å². The highest BCUT2D eigenvalue weighted by molar-refractivity contribution is 5.56. The summed E-state index contributed by atoms with van der Waals surface area (Å²) in [5.74, 6) is 0. The Morgan fingerprint density at radius 3 is 2.05 bits per heavy atom. The number of ether oxygens (including phenoxy) is 1. The Labute approximate surface area is 130 Å². The van der Waals surface area contributed by atoms with Gasteiger partial charge in [0.15, 0.2) is 0 Å². The fourth-order valence-corrected chi connectivity index (χ4v) is 2.07.